The molecule has 1 amide bonds. The zero-order chi connectivity index (χ0) is 17.2. The van der Waals surface area contributed by atoms with Crippen LogP contribution in [-0.4, -0.2) is 18.0 Å². The van der Waals surface area contributed by atoms with Gasteiger partial charge in [-0.15, -0.1) is 0 Å². The van der Waals surface area contributed by atoms with Gasteiger partial charge in [-0.2, -0.15) is 0 Å². The van der Waals surface area contributed by atoms with Gasteiger partial charge in [0.25, 0.3) is 5.91 Å². The van der Waals surface area contributed by atoms with E-state index in [4.69, 9.17) is 9.15 Å². The number of benzene rings is 1. The summed E-state index contributed by atoms with van der Waals surface area (Å²) in [6.45, 7) is 0.340. The summed E-state index contributed by atoms with van der Waals surface area (Å²) in [6, 6.07) is 4.08. The number of methoxy groups -OCH3 is 1. The van der Waals surface area contributed by atoms with Crippen LogP contribution in [0.4, 0.5) is 0 Å². The van der Waals surface area contributed by atoms with Crippen LogP contribution in [-0.2, 0) is 6.54 Å². The van der Waals surface area contributed by atoms with E-state index in [9.17, 15) is 4.79 Å². The summed E-state index contributed by atoms with van der Waals surface area (Å²) in [4.78, 5) is 16.7. The van der Waals surface area contributed by atoms with Crippen LogP contribution in [0.5, 0.6) is 5.75 Å². The number of rotatable bonds is 6. The minimum atomic E-state index is -0.0687. The Kier molecular flexibility index (Phi) is 4.30. The maximum Gasteiger partial charge on any atom is 0.251 e. The number of nitrogens with zero attached hydrogens (tertiary/aromatic N) is 1. The lowest BCUT2D eigenvalue weighted by atomic mass is 9.94. The van der Waals surface area contributed by atoms with Crippen molar-refractivity contribution in [2.24, 2.45) is 0 Å². The largest absolute Gasteiger partial charge is 0.496 e. The summed E-state index contributed by atoms with van der Waals surface area (Å²) in [6.07, 6.45) is 10.8. The van der Waals surface area contributed by atoms with Gasteiger partial charge in [-0.25, -0.2) is 4.98 Å². The van der Waals surface area contributed by atoms with Gasteiger partial charge in [0.1, 0.15) is 11.5 Å². The molecule has 5 heteroatoms. The quantitative estimate of drug-likeness (QED) is 0.863. The van der Waals surface area contributed by atoms with Crippen LogP contribution < -0.4 is 10.1 Å². The fourth-order valence-corrected chi connectivity index (χ4v) is 3.45. The third kappa shape index (κ3) is 3.31. The Labute approximate surface area is 147 Å². The molecule has 130 valence electrons. The molecule has 1 aromatic heterocycles. The maximum atomic E-state index is 12.8. The van der Waals surface area contributed by atoms with Gasteiger partial charge >= 0.3 is 0 Å². The minimum absolute atomic E-state index is 0.0687. The van der Waals surface area contributed by atoms with Crippen molar-refractivity contribution in [3.8, 4) is 5.75 Å². The molecule has 0 atom stereocenters. The van der Waals surface area contributed by atoms with E-state index in [2.05, 4.69) is 22.4 Å². The Bertz CT molecular complexity index is 805. The van der Waals surface area contributed by atoms with E-state index in [0.717, 1.165) is 54.5 Å². The van der Waals surface area contributed by atoms with Crippen LogP contribution in [0.3, 0.4) is 0 Å². The number of ether oxygens (including phenoxy) is 1. The Hall–Kier alpha value is -2.56. The number of carbonyl (C=O) groups excluding carboxylic acids is 1. The molecular formula is C20H22N2O3. The van der Waals surface area contributed by atoms with Gasteiger partial charge in [0, 0.05) is 11.1 Å². The van der Waals surface area contributed by atoms with Crippen LogP contribution in [0.25, 0.3) is 5.57 Å². The fraction of sp³-hybridized carbons (Fsp3) is 0.400. The normalized spacial score (nSPS) is 16.6. The van der Waals surface area contributed by atoms with Gasteiger partial charge in [0.05, 0.1) is 19.9 Å². The average molecular weight is 338 g/mol. The predicted molar refractivity (Wildman–Crippen MR) is 94.5 cm³/mol. The SMILES string of the molecule is COc1cc(C2CC2)c(C(=O)NCc2cnco2)cc1C1=CCCC1. The Morgan fingerprint density at radius 1 is 1.40 bits per heavy atom. The van der Waals surface area contributed by atoms with Gasteiger partial charge in [0.2, 0.25) is 0 Å². The van der Waals surface area contributed by atoms with Crippen molar-refractivity contribution < 1.29 is 13.9 Å². The highest BCUT2D eigenvalue weighted by molar-refractivity contribution is 5.97. The second kappa shape index (κ2) is 6.75. The molecule has 1 saturated carbocycles. The molecule has 1 heterocycles. The minimum Gasteiger partial charge on any atom is -0.496 e. The first-order valence-electron chi connectivity index (χ1n) is 8.83. The average Bonchev–Trinajstić information content (AvgIpc) is 3.12. The van der Waals surface area contributed by atoms with Crippen molar-refractivity contribution in [3.63, 3.8) is 0 Å². The van der Waals surface area contributed by atoms with Gasteiger partial charge in [-0.3, -0.25) is 4.79 Å². The molecule has 25 heavy (non-hydrogen) atoms. The number of hydrogen-bond acceptors (Lipinski definition) is 4. The van der Waals surface area contributed by atoms with Gasteiger partial charge in [-0.05, 0) is 61.3 Å². The molecule has 1 fully saturated rings. The van der Waals surface area contributed by atoms with Crippen LogP contribution in [0.1, 0.15) is 65.3 Å². The molecule has 2 aliphatic rings. The van der Waals surface area contributed by atoms with Crippen molar-refractivity contribution in [1.82, 2.24) is 10.3 Å². The molecule has 4 rings (SSSR count). The molecule has 0 bridgehead atoms. The van der Waals surface area contributed by atoms with Crippen LogP contribution >= 0.6 is 0 Å². The first-order chi connectivity index (χ1) is 12.3. The van der Waals surface area contributed by atoms with Crippen LogP contribution in [0, 0.1) is 0 Å². The van der Waals surface area contributed by atoms with E-state index in [0.29, 0.717) is 18.2 Å². The lowest BCUT2D eigenvalue weighted by Crippen LogP contribution is -2.24. The molecule has 0 spiro atoms. The Morgan fingerprint density at radius 3 is 2.92 bits per heavy atom. The van der Waals surface area contributed by atoms with Gasteiger partial charge < -0.3 is 14.5 Å². The molecule has 1 N–H and O–H groups in total. The number of oxazole rings is 1. The molecular weight excluding hydrogens is 316 g/mol. The summed E-state index contributed by atoms with van der Waals surface area (Å²) in [5, 5.41) is 2.95. The summed E-state index contributed by atoms with van der Waals surface area (Å²) in [7, 11) is 1.70. The van der Waals surface area contributed by atoms with Crippen molar-refractivity contribution in [3.05, 3.63) is 53.2 Å². The van der Waals surface area contributed by atoms with E-state index in [1.165, 1.54) is 12.0 Å². The third-order valence-electron chi connectivity index (χ3n) is 4.93. The second-order valence-corrected chi connectivity index (χ2v) is 6.69. The van der Waals surface area contributed by atoms with E-state index >= 15 is 0 Å². The second-order valence-electron chi connectivity index (χ2n) is 6.69. The fourth-order valence-electron chi connectivity index (χ4n) is 3.45. The van der Waals surface area contributed by atoms with Crippen molar-refractivity contribution >= 4 is 11.5 Å². The smallest absolute Gasteiger partial charge is 0.251 e. The Balaban J connectivity index is 1.66. The van der Waals surface area contributed by atoms with Gasteiger partial charge in [0.15, 0.2) is 6.39 Å². The summed E-state index contributed by atoms with van der Waals surface area (Å²) < 4.78 is 10.8. The highest BCUT2D eigenvalue weighted by Crippen LogP contribution is 2.45. The highest BCUT2D eigenvalue weighted by atomic mass is 16.5. The van der Waals surface area contributed by atoms with Crippen molar-refractivity contribution in [1.29, 1.82) is 0 Å². The first-order valence-corrected chi connectivity index (χ1v) is 8.83. The zero-order valence-corrected chi connectivity index (χ0v) is 14.4. The van der Waals surface area contributed by atoms with Gasteiger partial charge in [-0.1, -0.05) is 6.08 Å². The topological polar surface area (TPSA) is 64.4 Å². The number of nitrogens with one attached hydrogen (secondary N) is 1. The number of carbonyl (C=O) groups is 1. The third-order valence-corrected chi connectivity index (χ3v) is 4.93. The Morgan fingerprint density at radius 2 is 2.28 bits per heavy atom. The highest BCUT2D eigenvalue weighted by Gasteiger charge is 2.30. The maximum absolute atomic E-state index is 12.8. The van der Waals surface area contributed by atoms with Crippen LogP contribution in [0.15, 0.2) is 35.2 Å². The van der Waals surface area contributed by atoms with E-state index in [1.54, 1.807) is 13.3 Å². The molecule has 0 unspecified atom stereocenters. The number of aromatic nitrogens is 1. The first kappa shape index (κ1) is 15.9. The molecule has 0 aliphatic heterocycles. The lowest BCUT2D eigenvalue weighted by Gasteiger charge is -2.16. The molecule has 0 saturated heterocycles. The zero-order valence-electron chi connectivity index (χ0n) is 14.4. The summed E-state index contributed by atoms with van der Waals surface area (Å²) in [5.74, 6) is 1.92. The van der Waals surface area contributed by atoms with E-state index in [1.807, 2.05) is 6.07 Å². The molecule has 5 nitrogen and oxygen atoms in total. The molecule has 1 aromatic carbocycles. The monoisotopic (exact) mass is 338 g/mol. The lowest BCUT2D eigenvalue weighted by molar-refractivity contribution is 0.0947. The summed E-state index contributed by atoms with van der Waals surface area (Å²) >= 11 is 0. The number of amides is 1. The van der Waals surface area contributed by atoms with Crippen LogP contribution in [0.2, 0.25) is 0 Å². The molecule has 0 radical (unpaired) electrons. The van der Waals surface area contributed by atoms with Crippen molar-refractivity contribution in [2.45, 2.75) is 44.6 Å². The number of hydrogen-bond donors (Lipinski definition) is 1. The standard InChI is InChI=1S/C20H22N2O3/c1-24-19-9-16(14-6-7-14)18(8-17(19)13-4-2-3-5-13)20(23)22-11-15-10-21-12-25-15/h4,8-10,12,14H,2-3,5-7,11H2,1H3,(H,22,23). The van der Waals surface area contributed by atoms with E-state index in [-0.39, 0.29) is 5.91 Å². The van der Waals surface area contributed by atoms with Crippen molar-refractivity contribution in [2.75, 3.05) is 7.11 Å². The van der Waals surface area contributed by atoms with E-state index < -0.39 is 0 Å². The molecule has 2 aliphatic carbocycles. The summed E-state index contributed by atoms with van der Waals surface area (Å²) in [5.41, 5.74) is 4.18. The predicted octanol–water partition coefficient (Wildman–Crippen LogP) is 4.06. The molecule has 2 aromatic rings. The number of allylic oxidation sites excluding steroid dienone is 2.